The van der Waals surface area contributed by atoms with Crippen molar-refractivity contribution < 1.29 is 4.39 Å². The molecule has 0 aromatic heterocycles. The number of piperazine rings is 1. The first-order chi connectivity index (χ1) is 7.29. The molecule has 1 atom stereocenters. The standard InChI is InChI=1S/C12H17FN2/c1-2-11-9-15(8-7-14-11)12-5-3-10(13)4-6-12/h3-6,11,14H,2,7-9H2,1H3/t11-/m1/s1. The van der Waals surface area contributed by atoms with E-state index in [2.05, 4.69) is 17.1 Å². The van der Waals surface area contributed by atoms with Gasteiger partial charge in [0.25, 0.3) is 0 Å². The van der Waals surface area contributed by atoms with E-state index in [0.29, 0.717) is 6.04 Å². The smallest absolute Gasteiger partial charge is 0.123 e. The molecule has 0 unspecified atom stereocenters. The Balaban J connectivity index is 2.06. The largest absolute Gasteiger partial charge is 0.369 e. The molecule has 0 bridgehead atoms. The van der Waals surface area contributed by atoms with Crippen molar-refractivity contribution in [2.24, 2.45) is 0 Å². The second-order valence-electron chi connectivity index (χ2n) is 3.98. The minimum absolute atomic E-state index is 0.166. The minimum atomic E-state index is -0.166. The van der Waals surface area contributed by atoms with Crippen molar-refractivity contribution >= 4 is 5.69 Å². The fraction of sp³-hybridized carbons (Fsp3) is 0.500. The minimum Gasteiger partial charge on any atom is -0.369 e. The van der Waals surface area contributed by atoms with Crippen molar-refractivity contribution in [2.45, 2.75) is 19.4 Å². The van der Waals surface area contributed by atoms with Crippen LogP contribution < -0.4 is 10.2 Å². The fourth-order valence-corrected chi connectivity index (χ4v) is 1.99. The lowest BCUT2D eigenvalue weighted by molar-refractivity contribution is 0.447. The summed E-state index contributed by atoms with van der Waals surface area (Å²) in [5, 5.41) is 3.46. The third-order valence-corrected chi connectivity index (χ3v) is 2.94. The first-order valence-electron chi connectivity index (χ1n) is 5.53. The SMILES string of the molecule is CC[C@@H]1CN(c2ccc(F)cc2)CCN1. The van der Waals surface area contributed by atoms with Gasteiger partial charge >= 0.3 is 0 Å². The summed E-state index contributed by atoms with van der Waals surface area (Å²) in [5.41, 5.74) is 1.12. The lowest BCUT2D eigenvalue weighted by Gasteiger charge is -2.34. The molecule has 0 saturated carbocycles. The molecule has 1 saturated heterocycles. The maximum absolute atomic E-state index is 12.8. The van der Waals surface area contributed by atoms with Gasteiger partial charge in [0.15, 0.2) is 0 Å². The van der Waals surface area contributed by atoms with Gasteiger partial charge in [0.2, 0.25) is 0 Å². The summed E-state index contributed by atoms with van der Waals surface area (Å²) in [6, 6.07) is 7.32. The summed E-state index contributed by atoms with van der Waals surface area (Å²) in [5.74, 6) is -0.166. The Morgan fingerprint density at radius 1 is 1.40 bits per heavy atom. The van der Waals surface area contributed by atoms with Crippen LogP contribution in [-0.2, 0) is 0 Å². The Morgan fingerprint density at radius 3 is 2.80 bits per heavy atom. The van der Waals surface area contributed by atoms with Gasteiger partial charge in [-0.3, -0.25) is 0 Å². The Hall–Kier alpha value is -1.09. The number of hydrogen-bond acceptors (Lipinski definition) is 2. The van der Waals surface area contributed by atoms with E-state index in [1.807, 2.05) is 12.1 Å². The van der Waals surface area contributed by atoms with E-state index in [1.54, 1.807) is 0 Å². The maximum atomic E-state index is 12.8. The van der Waals surface area contributed by atoms with Gasteiger partial charge < -0.3 is 10.2 Å². The molecule has 0 radical (unpaired) electrons. The molecule has 1 fully saturated rings. The molecule has 82 valence electrons. The zero-order valence-electron chi connectivity index (χ0n) is 9.04. The average Bonchev–Trinajstić information content (AvgIpc) is 2.30. The number of rotatable bonds is 2. The predicted molar refractivity (Wildman–Crippen MR) is 60.7 cm³/mol. The molecule has 0 aliphatic carbocycles. The first kappa shape index (κ1) is 10.4. The number of anilines is 1. The van der Waals surface area contributed by atoms with Crippen LogP contribution in [0.15, 0.2) is 24.3 Å². The van der Waals surface area contributed by atoms with Crippen LogP contribution in [0.25, 0.3) is 0 Å². The normalized spacial score (nSPS) is 21.7. The van der Waals surface area contributed by atoms with Crippen LogP contribution in [0.1, 0.15) is 13.3 Å². The monoisotopic (exact) mass is 208 g/mol. The highest BCUT2D eigenvalue weighted by molar-refractivity contribution is 5.46. The van der Waals surface area contributed by atoms with E-state index in [0.717, 1.165) is 31.7 Å². The van der Waals surface area contributed by atoms with Gasteiger partial charge in [-0.25, -0.2) is 4.39 Å². The van der Waals surface area contributed by atoms with Crippen LogP contribution in [0.3, 0.4) is 0 Å². The third-order valence-electron chi connectivity index (χ3n) is 2.94. The first-order valence-corrected chi connectivity index (χ1v) is 5.53. The summed E-state index contributed by atoms with van der Waals surface area (Å²) < 4.78 is 12.8. The molecule has 0 amide bonds. The van der Waals surface area contributed by atoms with Gasteiger partial charge in [-0.1, -0.05) is 6.92 Å². The fourth-order valence-electron chi connectivity index (χ4n) is 1.99. The van der Waals surface area contributed by atoms with Gasteiger partial charge in [0, 0.05) is 31.4 Å². The summed E-state index contributed by atoms with van der Waals surface area (Å²) >= 11 is 0. The van der Waals surface area contributed by atoms with Crippen LogP contribution >= 0.6 is 0 Å². The topological polar surface area (TPSA) is 15.3 Å². The molecule has 3 heteroatoms. The van der Waals surface area contributed by atoms with Crippen LogP contribution in [0.2, 0.25) is 0 Å². The highest BCUT2D eigenvalue weighted by Gasteiger charge is 2.17. The Bertz CT molecular complexity index is 310. The third kappa shape index (κ3) is 2.48. The molecule has 15 heavy (non-hydrogen) atoms. The molecule has 1 aliphatic heterocycles. The van der Waals surface area contributed by atoms with E-state index in [-0.39, 0.29) is 5.82 Å². The van der Waals surface area contributed by atoms with E-state index in [4.69, 9.17) is 0 Å². The lowest BCUT2D eigenvalue weighted by Crippen LogP contribution is -2.50. The van der Waals surface area contributed by atoms with E-state index >= 15 is 0 Å². The zero-order valence-corrected chi connectivity index (χ0v) is 9.04. The van der Waals surface area contributed by atoms with Crippen molar-refractivity contribution in [1.29, 1.82) is 0 Å². The Kier molecular flexibility index (Phi) is 3.21. The van der Waals surface area contributed by atoms with Crippen LogP contribution in [0.4, 0.5) is 10.1 Å². The number of benzene rings is 1. The second-order valence-corrected chi connectivity index (χ2v) is 3.98. The Morgan fingerprint density at radius 2 is 2.13 bits per heavy atom. The molecular formula is C12H17FN2. The number of hydrogen-bond donors (Lipinski definition) is 1. The predicted octanol–water partition coefficient (Wildman–Crippen LogP) is 2.01. The van der Waals surface area contributed by atoms with Crippen LogP contribution in [0.5, 0.6) is 0 Å². The van der Waals surface area contributed by atoms with Crippen LogP contribution in [0, 0.1) is 5.82 Å². The summed E-state index contributed by atoms with van der Waals surface area (Å²) in [7, 11) is 0. The molecule has 1 aromatic carbocycles. The molecular weight excluding hydrogens is 191 g/mol. The van der Waals surface area contributed by atoms with Gasteiger partial charge in [-0.2, -0.15) is 0 Å². The van der Waals surface area contributed by atoms with E-state index < -0.39 is 0 Å². The molecule has 1 N–H and O–H groups in total. The van der Waals surface area contributed by atoms with Crippen LogP contribution in [-0.4, -0.2) is 25.7 Å². The van der Waals surface area contributed by atoms with E-state index in [9.17, 15) is 4.39 Å². The highest BCUT2D eigenvalue weighted by atomic mass is 19.1. The van der Waals surface area contributed by atoms with Crippen molar-refractivity contribution in [2.75, 3.05) is 24.5 Å². The van der Waals surface area contributed by atoms with Crippen molar-refractivity contribution in [3.05, 3.63) is 30.1 Å². The summed E-state index contributed by atoms with van der Waals surface area (Å²) in [6.45, 7) is 5.21. The van der Waals surface area contributed by atoms with Crippen molar-refractivity contribution in [3.63, 3.8) is 0 Å². The number of nitrogens with zero attached hydrogens (tertiary/aromatic N) is 1. The maximum Gasteiger partial charge on any atom is 0.123 e. The quantitative estimate of drug-likeness (QED) is 0.800. The van der Waals surface area contributed by atoms with Gasteiger partial charge in [-0.05, 0) is 30.7 Å². The number of halogens is 1. The molecule has 1 heterocycles. The summed E-state index contributed by atoms with van der Waals surface area (Å²) in [4.78, 5) is 2.31. The van der Waals surface area contributed by atoms with Crippen molar-refractivity contribution in [1.82, 2.24) is 5.32 Å². The van der Waals surface area contributed by atoms with Gasteiger partial charge in [-0.15, -0.1) is 0 Å². The van der Waals surface area contributed by atoms with Gasteiger partial charge in [0.1, 0.15) is 5.82 Å². The molecule has 1 aliphatic rings. The lowest BCUT2D eigenvalue weighted by atomic mass is 10.1. The molecule has 0 spiro atoms. The summed E-state index contributed by atoms with van der Waals surface area (Å²) in [6.07, 6.45) is 1.14. The molecule has 2 nitrogen and oxygen atoms in total. The zero-order chi connectivity index (χ0) is 10.7. The number of nitrogens with one attached hydrogen (secondary N) is 1. The van der Waals surface area contributed by atoms with Gasteiger partial charge in [0.05, 0.1) is 0 Å². The van der Waals surface area contributed by atoms with E-state index in [1.165, 1.54) is 12.1 Å². The second kappa shape index (κ2) is 4.62. The Labute approximate surface area is 90.1 Å². The van der Waals surface area contributed by atoms with Crippen molar-refractivity contribution in [3.8, 4) is 0 Å². The highest BCUT2D eigenvalue weighted by Crippen LogP contribution is 2.16. The molecule has 1 aromatic rings. The molecule has 2 rings (SSSR count). The average molecular weight is 208 g/mol.